The first-order chi connectivity index (χ1) is 17.8. The van der Waals surface area contributed by atoms with Crippen molar-refractivity contribution >= 4 is 35.2 Å². The molecule has 3 saturated heterocycles. The first kappa shape index (κ1) is 25.5. The van der Waals surface area contributed by atoms with Gasteiger partial charge in [-0.2, -0.15) is 0 Å². The molecular formula is C29H32N2O5S. The highest BCUT2D eigenvalue weighted by Crippen LogP contribution is 2.67. The van der Waals surface area contributed by atoms with Gasteiger partial charge in [0.1, 0.15) is 6.04 Å². The molecule has 2 N–H and O–H groups in total. The van der Waals surface area contributed by atoms with E-state index in [1.807, 2.05) is 62.4 Å². The van der Waals surface area contributed by atoms with Crippen molar-refractivity contribution in [3.05, 3.63) is 77.9 Å². The molecule has 0 aliphatic carbocycles. The average molecular weight is 521 g/mol. The maximum Gasteiger partial charge on any atom is 0.308 e. The summed E-state index contributed by atoms with van der Waals surface area (Å²) in [7, 11) is 0. The van der Waals surface area contributed by atoms with Crippen LogP contribution in [0.15, 0.2) is 61.2 Å². The van der Waals surface area contributed by atoms with E-state index in [4.69, 9.17) is 0 Å². The van der Waals surface area contributed by atoms with Crippen molar-refractivity contribution in [2.45, 2.75) is 48.8 Å². The molecule has 6 atom stereocenters. The lowest BCUT2D eigenvalue weighted by molar-refractivity contribution is -0.149. The van der Waals surface area contributed by atoms with Crippen molar-refractivity contribution in [1.82, 2.24) is 4.90 Å². The Morgan fingerprint density at radius 3 is 2.46 bits per heavy atom. The molecule has 2 unspecified atom stereocenters. The summed E-state index contributed by atoms with van der Waals surface area (Å²) < 4.78 is -0.861. The molecule has 3 fully saturated rings. The summed E-state index contributed by atoms with van der Waals surface area (Å²) in [5.41, 5.74) is 3.33. The minimum absolute atomic E-state index is 0.207. The third kappa shape index (κ3) is 3.80. The second kappa shape index (κ2) is 9.65. The maximum absolute atomic E-state index is 14.7. The zero-order valence-electron chi connectivity index (χ0n) is 21.0. The second-order valence-electron chi connectivity index (χ2n) is 10.2. The van der Waals surface area contributed by atoms with Crippen LogP contribution in [0.25, 0.3) is 0 Å². The van der Waals surface area contributed by atoms with E-state index in [9.17, 15) is 24.6 Å². The number of fused-ring (bicyclic) bond motifs is 1. The van der Waals surface area contributed by atoms with Crippen molar-refractivity contribution in [3.63, 3.8) is 0 Å². The van der Waals surface area contributed by atoms with Gasteiger partial charge in [-0.1, -0.05) is 54.6 Å². The number of benzene rings is 2. The zero-order valence-corrected chi connectivity index (χ0v) is 21.9. The molecule has 37 heavy (non-hydrogen) atoms. The number of aryl methyl sites for hydroxylation is 2. The Labute approximate surface area is 221 Å². The number of hydrogen-bond acceptors (Lipinski definition) is 5. The molecule has 2 aromatic carbocycles. The van der Waals surface area contributed by atoms with E-state index in [1.54, 1.807) is 11.0 Å². The van der Waals surface area contributed by atoms with Crippen LogP contribution in [-0.2, 0) is 14.4 Å². The first-order valence-corrected chi connectivity index (χ1v) is 13.5. The summed E-state index contributed by atoms with van der Waals surface area (Å²) in [5.74, 6) is -3.28. The standard InChI is InChI=1S/C29H32N2O5S/c1-4-15-30(24-17(2)9-8-10-18(24)3)27(34)25-29-14-13-21(37-29)22(28(35)36)23(29)26(33)31(25)20(16-32)19-11-6-5-7-12-19/h4-12,20-23,25,32H,1,13-16H2,2-3H3,(H,35,36)/t20-,21+,22-,23+,25?,29?/m1/s1. The largest absolute Gasteiger partial charge is 0.481 e. The fourth-order valence-corrected chi connectivity index (χ4v) is 9.01. The van der Waals surface area contributed by atoms with Crippen LogP contribution < -0.4 is 4.90 Å². The lowest BCUT2D eigenvalue weighted by Crippen LogP contribution is -2.56. The van der Waals surface area contributed by atoms with Gasteiger partial charge in [-0.3, -0.25) is 14.4 Å². The van der Waals surface area contributed by atoms with Gasteiger partial charge in [0, 0.05) is 17.5 Å². The van der Waals surface area contributed by atoms with Crippen molar-refractivity contribution in [1.29, 1.82) is 0 Å². The molecule has 5 rings (SSSR count). The number of likely N-dealkylation sites (tertiary alicyclic amines) is 1. The van der Waals surface area contributed by atoms with E-state index >= 15 is 0 Å². The molecule has 7 nitrogen and oxygen atoms in total. The molecule has 0 aromatic heterocycles. The quantitative estimate of drug-likeness (QED) is 0.515. The molecule has 0 radical (unpaired) electrons. The highest BCUT2D eigenvalue weighted by Gasteiger charge is 2.74. The molecule has 194 valence electrons. The van der Waals surface area contributed by atoms with Crippen molar-refractivity contribution < 1.29 is 24.6 Å². The van der Waals surface area contributed by atoms with E-state index in [1.165, 1.54) is 16.7 Å². The van der Waals surface area contributed by atoms with Crippen molar-refractivity contribution in [2.24, 2.45) is 11.8 Å². The number of carboxylic acids is 1. The van der Waals surface area contributed by atoms with E-state index in [0.29, 0.717) is 18.4 Å². The van der Waals surface area contributed by atoms with E-state index in [-0.39, 0.29) is 30.2 Å². The Hall–Kier alpha value is -3.10. The third-order valence-electron chi connectivity index (χ3n) is 8.24. The number of aliphatic hydroxyl groups is 1. The summed E-state index contributed by atoms with van der Waals surface area (Å²) in [5, 5.41) is 20.5. The average Bonchev–Trinajstić information content (AvgIpc) is 3.52. The van der Waals surface area contributed by atoms with Crippen LogP contribution >= 0.6 is 11.8 Å². The predicted molar refractivity (Wildman–Crippen MR) is 143 cm³/mol. The number of amides is 2. The number of anilines is 1. The van der Waals surface area contributed by atoms with Crippen molar-refractivity contribution in [3.8, 4) is 0 Å². The van der Waals surface area contributed by atoms with Gasteiger partial charge < -0.3 is 20.0 Å². The molecule has 2 amide bonds. The number of rotatable bonds is 8. The van der Waals surface area contributed by atoms with Crippen molar-refractivity contribution in [2.75, 3.05) is 18.1 Å². The van der Waals surface area contributed by atoms with Crippen LogP contribution in [0.4, 0.5) is 5.69 Å². The van der Waals surface area contributed by atoms with E-state index in [2.05, 4.69) is 6.58 Å². The number of para-hydroxylation sites is 1. The molecule has 2 aromatic rings. The summed E-state index contributed by atoms with van der Waals surface area (Å²) in [6, 6.07) is 13.3. The Bertz CT molecular complexity index is 1230. The van der Waals surface area contributed by atoms with Gasteiger partial charge in [0.05, 0.1) is 29.2 Å². The van der Waals surface area contributed by atoms with Gasteiger partial charge in [-0.25, -0.2) is 0 Å². The Kier molecular flexibility index (Phi) is 6.66. The normalized spacial score (nSPS) is 28.7. The predicted octanol–water partition coefficient (Wildman–Crippen LogP) is 3.73. The van der Waals surface area contributed by atoms with Gasteiger partial charge in [0.15, 0.2) is 0 Å². The molecule has 8 heteroatoms. The number of carbonyl (C=O) groups excluding carboxylic acids is 2. The SMILES string of the molecule is C=CCN(C(=O)C1N([C@H](CO)c2ccccc2)C(=O)[C@@H]2[C@H](C(=O)O)[C@@H]3CCC12S3)c1c(C)cccc1C. The third-order valence-corrected chi connectivity index (χ3v) is 10.2. The van der Waals surface area contributed by atoms with E-state index < -0.39 is 34.6 Å². The molecular weight excluding hydrogens is 488 g/mol. The maximum atomic E-state index is 14.7. The number of hydrogen-bond donors (Lipinski definition) is 2. The van der Waals surface area contributed by atoms with Crippen LogP contribution in [-0.4, -0.2) is 62.1 Å². The van der Waals surface area contributed by atoms with Gasteiger partial charge >= 0.3 is 5.97 Å². The van der Waals surface area contributed by atoms with Crippen LogP contribution in [0.5, 0.6) is 0 Å². The number of carbonyl (C=O) groups is 3. The van der Waals surface area contributed by atoms with Crippen LogP contribution in [0.2, 0.25) is 0 Å². The lowest BCUT2D eigenvalue weighted by Gasteiger charge is -2.40. The van der Waals surface area contributed by atoms with Crippen LogP contribution in [0, 0.1) is 25.7 Å². The fourth-order valence-electron chi connectivity index (χ4n) is 6.82. The summed E-state index contributed by atoms with van der Waals surface area (Å²) >= 11 is 1.49. The summed E-state index contributed by atoms with van der Waals surface area (Å²) in [4.78, 5) is 44.4. The van der Waals surface area contributed by atoms with Gasteiger partial charge in [-0.05, 0) is 43.4 Å². The highest BCUT2D eigenvalue weighted by molar-refractivity contribution is 8.02. The Balaban J connectivity index is 1.68. The lowest BCUT2D eigenvalue weighted by atomic mass is 9.71. The number of carboxylic acid groups (broad SMARTS) is 1. The minimum atomic E-state index is -0.997. The molecule has 3 heterocycles. The highest BCUT2D eigenvalue weighted by atomic mass is 32.2. The molecule has 1 spiro atoms. The fraction of sp³-hybridized carbons (Fsp3) is 0.414. The zero-order chi connectivity index (χ0) is 26.5. The second-order valence-corrected chi connectivity index (χ2v) is 11.8. The number of aliphatic carboxylic acids is 1. The summed E-state index contributed by atoms with van der Waals surface area (Å²) in [6.07, 6.45) is 2.89. The van der Waals surface area contributed by atoms with Gasteiger partial charge in [0.25, 0.3) is 5.91 Å². The number of thioether (sulfide) groups is 1. The van der Waals surface area contributed by atoms with Gasteiger partial charge in [0.2, 0.25) is 5.91 Å². The Morgan fingerprint density at radius 2 is 1.86 bits per heavy atom. The van der Waals surface area contributed by atoms with Gasteiger partial charge in [-0.15, -0.1) is 18.3 Å². The van der Waals surface area contributed by atoms with E-state index in [0.717, 1.165) is 16.8 Å². The Morgan fingerprint density at radius 1 is 1.19 bits per heavy atom. The monoisotopic (exact) mass is 520 g/mol. The smallest absolute Gasteiger partial charge is 0.308 e. The molecule has 2 bridgehead atoms. The van der Waals surface area contributed by atoms with Crippen LogP contribution in [0.1, 0.15) is 35.6 Å². The molecule has 3 aliphatic rings. The topological polar surface area (TPSA) is 98.2 Å². The summed E-state index contributed by atoms with van der Waals surface area (Å²) in [6.45, 7) is 7.64. The number of aliphatic hydroxyl groups excluding tert-OH is 1. The minimum Gasteiger partial charge on any atom is -0.481 e. The number of nitrogens with zero attached hydrogens (tertiary/aromatic N) is 2. The van der Waals surface area contributed by atoms with Crippen LogP contribution in [0.3, 0.4) is 0 Å². The first-order valence-electron chi connectivity index (χ1n) is 12.6. The molecule has 3 aliphatic heterocycles. The molecule has 0 saturated carbocycles.